The maximum absolute atomic E-state index is 4.17. The summed E-state index contributed by atoms with van der Waals surface area (Å²) in [4.78, 5) is 3.97. The molecule has 1 aliphatic carbocycles. The fourth-order valence-corrected chi connectivity index (χ4v) is 2.03. The lowest BCUT2D eigenvalue weighted by Crippen LogP contribution is -2.01. The molecule has 104 valence electrons. The van der Waals surface area contributed by atoms with E-state index in [0.717, 1.165) is 17.6 Å². The fourth-order valence-electron chi connectivity index (χ4n) is 2.03. The summed E-state index contributed by atoms with van der Waals surface area (Å²) in [5.41, 5.74) is 1.77. The van der Waals surface area contributed by atoms with Crippen molar-refractivity contribution < 1.29 is 0 Å². The van der Waals surface area contributed by atoms with Crippen molar-refractivity contribution in [1.82, 2.24) is 25.4 Å². The van der Waals surface area contributed by atoms with Gasteiger partial charge in [0.2, 0.25) is 11.6 Å². The SMILES string of the molecule is CCC1C=CC=C(c2nnc(-c3ccncc3)nn2)C=C1. The molecule has 0 radical (unpaired) electrons. The Labute approximate surface area is 123 Å². The van der Waals surface area contributed by atoms with Crippen molar-refractivity contribution in [3.05, 3.63) is 60.7 Å². The lowest BCUT2D eigenvalue weighted by molar-refractivity contribution is 0.775. The van der Waals surface area contributed by atoms with Crippen LogP contribution in [-0.4, -0.2) is 25.4 Å². The molecule has 2 aromatic heterocycles. The molecule has 0 saturated heterocycles. The predicted octanol–water partition coefficient (Wildman–Crippen LogP) is 2.86. The average molecular weight is 277 g/mol. The summed E-state index contributed by atoms with van der Waals surface area (Å²) in [5.74, 6) is 1.49. The summed E-state index contributed by atoms with van der Waals surface area (Å²) < 4.78 is 0. The van der Waals surface area contributed by atoms with Gasteiger partial charge in [-0.3, -0.25) is 4.98 Å². The van der Waals surface area contributed by atoms with Gasteiger partial charge < -0.3 is 0 Å². The lowest BCUT2D eigenvalue weighted by atomic mass is 10.1. The van der Waals surface area contributed by atoms with E-state index in [1.807, 2.05) is 30.4 Å². The lowest BCUT2D eigenvalue weighted by Gasteiger charge is -2.01. The molecular weight excluding hydrogens is 262 g/mol. The number of hydrogen-bond acceptors (Lipinski definition) is 5. The molecule has 5 heteroatoms. The average Bonchev–Trinajstić information content (AvgIpc) is 2.81. The summed E-state index contributed by atoms with van der Waals surface area (Å²) in [5, 5.41) is 16.6. The van der Waals surface area contributed by atoms with Gasteiger partial charge in [0.05, 0.1) is 0 Å². The number of pyridine rings is 1. The second-order valence-corrected chi connectivity index (χ2v) is 4.72. The van der Waals surface area contributed by atoms with Crippen molar-refractivity contribution in [2.45, 2.75) is 13.3 Å². The summed E-state index contributed by atoms with van der Waals surface area (Å²) in [6, 6.07) is 3.66. The molecule has 5 nitrogen and oxygen atoms in total. The van der Waals surface area contributed by atoms with Gasteiger partial charge in [-0.25, -0.2) is 0 Å². The standard InChI is InChI=1S/C16H15N5/c1-2-12-4-3-5-13(7-6-12)15-18-20-16(21-19-15)14-8-10-17-11-9-14/h3-12H,2H2,1H3. The van der Waals surface area contributed by atoms with Gasteiger partial charge in [0.25, 0.3) is 0 Å². The van der Waals surface area contributed by atoms with Crippen molar-refractivity contribution in [3.8, 4) is 11.4 Å². The zero-order valence-corrected chi connectivity index (χ0v) is 11.7. The molecule has 1 unspecified atom stereocenters. The zero-order valence-electron chi connectivity index (χ0n) is 11.7. The van der Waals surface area contributed by atoms with Crippen molar-refractivity contribution in [1.29, 1.82) is 0 Å². The highest BCUT2D eigenvalue weighted by atomic mass is 15.3. The molecule has 3 rings (SSSR count). The largest absolute Gasteiger partial charge is 0.265 e. The van der Waals surface area contributed by atoms with Crippen LogP contribution in [0.15, 0.2) is 54.9 Å². The van der Waals surface area contributed by atoms with E-state index >= 15 is 0 Å². The summed E-state index contributed by atoms with van der Waals surface area (Å²) in [7, 11) is 0. The van der Waals surface area contributed by atoms with E-state index < -0.39 is 0 Å². The monoisotopic (exact) mass is 277 g/mol. The third-order valence-electron chi connectivity index (χ3n) is 3.30. The summed E-state index contributed by atoms with van der Waals surface area (Å²) in [6.45, 7) is 2.16. The molecule has 0 aliphatic heterocycles. The minimum absolute atomic E-state index is 0.454. The number of nitrogens with zero attached hydrogens (tertiary/aromatic N) is 5. The Morgan fingerprint density at radius 1 is 0.952 bits per heavy atom. The van der Waals surface area contributed by atoms with Crippen LogP contribution in [0, 0.1) is 5.92 Å². The summed E-state index contributed by atoms with van der Waals surface area (Å²) >= 11 is 0. The van der Waals surface area contributed by atoms with Crippen molar-refractivity contribution in [2.24, 2.45) is 5.92 Å². The fraction of sp³-hybridized carbons (Fsp3) is 0.188. The van der Waals surface area contributed by atoms with Gasteiger partial charge in [-0.2, -0.15) is 0 Å². The Hall–Kier alpha value is -2.69. The van der Waals surface area contributed by atoms with Crippen LogP contribution < -0.4 is 0 Å². The quantitative estimate of drug-likeness (QED) is 0.863. The van der Waals surface area contributed by atoms with Gasteiger partial charge in [-0.1, -0.05) is 37.3 Å². The van der Waals surface area contributed by atoms with Gasteiger partial charge in [0.1, 0.15) is 0 Å². The van der Waals surface area contributed by atoms with E-state index in [-0.39, 0.29) is 0 Å². The molecule has 0 fully saturated rings. The number of hydrogen-bond donors (Lipinski definition) is 0. The maximum atomic E-state index is 4.17. The van der Waals surface area contributed by atoms with Crippen LogP contribution in [0.5, 0.6) is 0 Å². The Morgan fingerprint density at radius 3 is 2.38 bits per heavy atom. The third kappa shape index (κ3) is 3.08. The predicted molar refractivity (Wildman–Crippen MR) is 80.9 cm³/mol. The van der Waals surface area contributed by atoms with Crippen molar-refractivity contribution >= 4 is 5.57 Å². The maximum Gasteiger partial charge on any atom is 0.203 e. The number of rotatable bonds is 3. The van der Waals surface area contributed by atoms with E-state index in [9.17, 15) is 0 Å². The molecule has 2 aromatic rings. The second-order valence-electron chi connectivity index (χ2n) is 4.72. The van der Waals surface area contributed by atoms with E-state index in [1.54, 1.807) is 12.4 Å². The van der Waals surface area contributed by atoms with E-state index in [0.29, 0.717) is 17.6 Å². The van der Waals surface area contributed by atoms with E-state index in [2.05, 4.69) is 44.5 Å². The van der Waals surface area contributed by atoms with Gasteiger partial charge in [-0.05, 0) is 24.5 Å². The van der Waals surface area contributed by atoms with Crippen LogP contribution in [-0.2, 0) is 0 Å². The molecular formula is C16H15N5. The van der Waals surface area contributed by atoms with Gasteiger partial charge in [0, 0.05) is 23.5 Å². The molecule has 1 aliphatic rings. The van der Waals surface area contributed by atoms with E-state index in [1.165, 1.54) is 0 Å². The van der Waals surface area contributed by atoms with E-state index in [4.69, 9.17) is 0 Å². The molecule has 2 heterocycles. The molecule has 0 bridgehead atoms. The van der Waals surface area contributed by atoms with Gasteiger partial charge in [-0.15, -0.1) is 20.4 Å². The van der Waals surface area contributed by atoms with Gasteiger partial charge >= 0.3 is 0 Å². The molecule has 0 aromatic carbocycles. The van der Waals surface area contributed by atoms with Crippen LogP contribution in [0.25, 0.3) is 17.0 Å². The topological polar surface area (TPSA) is 64.5 Å². The van der Waals surface area contributed by atoms with Crippen LogP contribution in [0.2, 0.25) is 0 Å². The zero-order chi connectivity index (χ0) is 14.5. The van der Waals surface area contributed by atoms with Crippen LogP contribution >= 0.6 is 0 Å². The first kappa shape index (κ1) is 13.3. The number of aromatic nitrogens is 5. The highest BCUT2D eigenvalue weighted by molar-refractivity contribution is 5.71. The minimum Gasteiger partial charge on any atom is -0.265 e. The van der Waals surface area contributed by atoms with Crippen molar-refractivity contribution in [3.63, 3.8) is 0 Å². The minimum atomic E-state index is 0.454. The second kappa shape index (κ2) is 6.17. The first-order valence-electron chi connectivity index (χ1n) is 6.91. The normalized spacial score (nSPS) is 17.4. The summed E-state index contributed by atoms with van der Waals surface area (Å²) in [6.07, 6.45) is 14.8. The molecule has 0 spiro atoms. The highest BCUT2D eigenvalue weighted by Crippen LogP contribution is 2.18. The third-order valence-corrected chi connectivity index (χ3v) is 3.30. The molecule has 1 atom stereocenters. The Morgan fingerprint density at radius 2 is 1.67 bits per heavy atom. The Kier molecular flexibility index (Phi) is 3.91. The van der Waals surface area contributed by atoms with Gasteiger partial charge in [0.15, 0.2) is 0 Å². The van der Waals surface area contributed by atoms with Crippen molar-refractivity contribution in [2.75, 3.05) is 0 Å². The first-order valence-corrected chi connectivity index (χ1v) is 6.91. The van der Waals surface area contributed by atoms with Crippen LogP contribution in [0.4, 0.5) is 0 Å². The van der Waals surface area contributed by atoms with Crippen LogP contribution in [0.3, 0.4) is 0 Å². The first-order chi connectivity index (χ1) is 10.4. The molecule has 0 N–H and O–H groups in total. The Bertz CT molecular complexity index is 686. The molecule has 21 heavy (non-hydrogen) atoms. The smallest absolute Gasteiger partial charge is 0.203 e. The number of allylic oxidation sites excluding steroid dienone is 6. The highest BCUT2D eigenvalue weighted by Gasteiger charge is 2.08. The molecule has 0 saturated carbocycles. The van der Waals surface area contributed by atoms with Crippen LogP contribution in [0.1, 0.15) is 19.2 Å². The molecule has 0 amide bonds. The Balaban J connectivity index is 1.85.